The van der Waals surface area contributed by atoms with E-state index in [2.05, 4.69) is 15.2 Å². The first-order valence-corrected chi connectivity index (χ1v) is 5.98. The molecule has 0 aliphatic rings. The molecule has 0 fully saturated rings. The van der Waals surface area contributed by atoms with E-state index in [-0.39, 0.29) is 27.9 Å². The van der Waals surface area contributed by atoms with Gasteiger partial charge in [-0.3, -0.25) is 0 Å². The highest BCUT2D eigenvalue weighted by atomic mass is 35.5. The molecule has 0 spiro atoms. The molecule has 0 atom stereocenters. The quantitative estimate of drug-likeness (QED) is 0.848. The van der Waals surface area contributed by atoms with E-state index in [1.54, 1.807) is 7.05 Å². The maximum absolute atomic E-state index is 13.9. The summed E-state index contributed by atoms with van der Waals surface area (Å²) in [7, 11) is 2.77. The summed E-state index contributed by atoms with van der Waals surface area (Å²) in [6.45, 7) is 0. The normalized spacial score (nSPS) is 10.4. The minimum absolute atomic E-state index is 0.0225. The molecule has 2 aromatic rings. The molecular formula is C12H12ClFN4O2. The maximum atomic E-state index is 13.9. The largest absolute Gasteiger partial charge is 0.465 e. The molecule has 0 unspecified atom stereocenters. The van der Waals surface area contributed by atoms with E-state index < -0.39 is 11.8 Å². The standard InChI is InChI=1S/C12H12ClFN4O2/c1-16-11-8(12(19)20-2)10(15)18(17-11)9-6(13)4-3-5-7(9)14/h3-5H,15H2,1-2H3,(H,16,17). The number of hydrogen-bond acceptors (Lipinski definition) is 5. The first kappa shape index (κ1) is 14.1. The SMILES string of the molecule is CNc1nn(-c2c(F)cccc2Cl)c(N)c1C(=O)OC. The van der Waals surface area contributed by atoms with Crippen LogP contribution in [0.2, 0.25) is 5.02 Å². The summed E-state index contributed by atoms with van der Waals surface area (Å²) in [6.07, 6.45) is 0. The molecule has 20 heavy (non-hydrogen) atoms. The Balaban J connectivity index is 2.71. The fourth-order valence-electron chi connectivity index (χ4n) is 1.77. The summed E-state index contributed by atoms with van der Waals surface area (Å²) in [5, 5.41) is 6.87. The number of nitrogens with zero attached hydrogens (tertiary/aromatic N) is 2. The van der Waals surface area contributed by atoms with Gasteiger partial charge in [0.15, 0.2) is 5.82 Å². The molecule has 8 heteroatoms. The van der Waals surface area contributed by atoms with Crippen molar-refractivity contribution in [2.24, 2.45) is 0 Å². The molecule has 1 heterocycles. The van der Waals surface area contributed by atoms with Crippen LogP contribution in [0.25, 0.3) is 5.69 Å². The molecule has 1 aromatic heterocycles. The van der Waals surface area contributed by atoms with E-state index >= 15 is 0 Å². The third-order valence-corrected chi connectivity index (χ3v) is 3.00. The van der Waals surface area contributed by atoms with Crippen molar-refractivity contribution in [1.82, 2.24) is 9.78 Å². The molecule has 0 amide bonds. The van der Waals surface area contributed by atoms with Gasteiger partial charge in [0.05, 0.1) is 12.1 Å². The minimum atomic E-state index is -0.675. The van der Waals surface area contributed by atoms with E-state index in [0.717, 1.165) is 4.68 Å². The zero-order valence-electron chi connectivity index (χ0n) is 10.8. The van der Waals surface area contributed by atoms with Crippen LogP contribution in [0, 0.1) is 5.82 Å². The molecule has 1 aromatic carbocycles. The van der Waals surface area contributed by atoms with Crippen LogP contribution < -0.4 is 11.1 Å². The number of nitrogen functional groups attached to an aromatic ring is 1. The van der Waals surface area contributed by atoms with Gasteiger partial charge in [-0.1, -0.05) is 17.7 Å². The number of nitrogens with two attached hydrogens (primary N) is 1. The molecule has 0 radical (unpaired) electrons. The van der Waals surface area contributed by atoms with Gasteiger partial charge >= 0.3 is 5.97 Å². The number of nitrogens with one attached hydrogen (secondary N) is 1. The van der Waals surface area contributed by atoms with Crippen molar-refractivity contribution in [3.05, 3.63) is 34.6 Å². The van der Waals surface area contributed by atoms with Gasteiger partial charge in [0.2, 0.25) is 0 Å². The molecule has 0 aliphatic carbocycles. The monoisotopic (exact) mass is 298 g/mol. The smallest absolute Gasteiger partial charge is 0.345 e. The highest BCUT2D eigenvalue weighted by molar-refractivity contribution is 6.32. The van der Waals surface area contributed by atoms with E-state index in [1.807, 2.05) is 0 Å². The predicted octanol–water partition coefficient (Wildman–Crippen LogP) is 2.08. The van der Waals surface area contributed by atoms with Crippen LogP contribution in [-0.4, -0.2) is 29.9 Å². The van der Waals surface area contributed by atoms with Gasteiger partial charge < -0.3 is 15.8 Å². The first-order valence-electron chi connectivity index (χ1n) is 5.60. The Hall–Kier alpha value is -2.28. The third-order valence-electron chi connectivity index (χ3n) is 2.70. The molecule has 0 bridgehead atoms. The second-order valence-electron chi connectivity index (χ2n) is 3.83. The number of anilines is 2. The number of esters is 1. The van der Waals surface area contributed by atoms with Crippen LogP contribution in [-0.2, 0) is 4.74 Å². The van der Waals surface area contributed by atoms with E-state index in [1.165, 1.54) is 25.3 Å². The molecule has 0 saturated carbocycles. The number of aromatic nitrogens is 2. The van der Waals surface area contributed by atoms with Crippen molar-refractivity contribution < 1.29 is 13.9 Å². The number of ether oxygens (including phenoxy) is 1. The highest BCUT2D eigenvalue weighted by Crippen LogP contribution is 2.30. The zero-order valence-corrected chi connectivity index (χ0v) is 11.5. The fraction of sp³-hybridized carbons (Fsp3) is 0.167. The van der Waals surface area contributed by atoms with Crippen LogP contribution in [0.5, 0.6) is 0 Å². The van der Waals surface area contributed by atoms with E-state index in [9.17, 15) is 9.18 Å². The van der Waals surface area contributed by atoms with Gasteiger partial charge in [0, 0.05) is 7.05 Å². The van der Waals surface area contributed by atoms with E-state index in [4.69, 9.17) is 17.3 Å². The number of rotatable bonds is 3. The van der Waals surface area contributed by atoms with Gasteiger partial charge in [-0.2, -0.15) is 0 Å². The summed E-state index contributed by atoms with van der Waals surface area (Å²) in [5.74, 6) is -1.17. The Morgan fingerprint density at radius 3 is 2.80 bits per heavy atom. The van der Waals surface area contributed by atoms with Gasteiger partial charge in [0.1, 0.15) is 22.9 Å². The number of hydrogen-bond donors (Lipinski definition) is 2. The minimum Gasteiger partial charge on any atom is -0.465 e. The average Bonchev–Trinajstić information content (AvgIpc) is 2.75. The summed E-state index contributed by atoms with van der Waals surface area (Å²) >= 11 is 5.96. The second-order valence-corrected chi connectivity index (χ2v) is 4.24. The number of benzene rings is 1. The van der Waals surface area contributed by atoms with Gasteiger partial charge in [-0.25, -0.2) is 13.9 Å². The summed E-state index contributed by atoms with van der Waals surface area (Å²) < 4.78 is 19.6. The summed E-state index contributed by atoms with van der Waals surface area (Å²) in [5.41, 5.74) is 5.85. The van der Waals surface area contributed by atoms with E-state index in [0.29, 0.717) is 0 Å². The van der Waals surface area contributed by atoms with Crippen molar-refractivity contribution in [2.45, 2.75) is 0 Å². The topological polar surface area (TPSA) is 82.2 Å². The van der Waals surface area contributed by atoms with Crippen molar-refractivity contribution in [3.63, 3.8) is 0 Å². The van der Waals surface area contributed by atoms with Crippen molar-refractivity contribution in [2.75, 3.05) is 25.2 Å². The lowest BCUT2D eigenvalue weighted by Gasteiger charge is -2.07. The summed E-state index contributed by atoms with van der Waals surface area (Å²) in [4.78, 5) is 11.7. The Kier molecular flexibility index (Phi) is 3.80. The lowest BCUT2D eigenvalue weighted by Crippen LogP contribution is -2.09. The molecular weight excluding hydrogens is 287 g/mol. The Morgan fingerprint density at radius 2 is 2.25 bits per heavy atom. The number of halogens is 2. The number of carbonyl (C=O) groups excluding carboxylic acids is 1. The molecule has 3 N–H and O–H groups in total. The lowest BCUT2D eigenvalue weighted by atomic mass is 10.2. The van der Waals surface area contributed by atoms with Crippen molar-refractivity contribution in [3.8, 4) is 5.69 Å². The number of carbonyl (C=O) groups is 1. The van der Waals surface area contributed by atoms with Crippen LogP contribution in [0.1, 0.15) is 10.4 Å². The second kappa shape index (κ2) is 5.38. The van der Waals surface area contributed by atoms with Crippen LogP contribution in [0.4, 0.5) is 16.0 Å². The van der Waals surface area contributed by atoms with Gasteiger partial charge in [-0.15, -0.1) is 5.10 Å². The Morgan fingerprint density at radius 1 is 1.55 bits per heavy atom. The Bertz CT molecular complexity index is 651. The molecule has 6 nitrogen and oxygen atoms in total. The fourth-order valence-corrected chi connectivity index (χ4v) is 2.01. The lowest BCUT2D eigenvalue weighted by molar-refractivity contribution is 0.0603. The third kappa shape index (κ3) is 2.16. The van der Waals surface area contributed by atoms with Gasteiger partial charge in [-0.05, 0) is 12.1 Å². The van der Waals surface area contributed by atoms with Crippen LogP contribution in [0.15, 0.2) is 18.2 Å². The van der Waals surface area contributed by atoms with Crippen LogP contribution >= 0.6 is 11.6 Å². The predicted molar refractivity (Wildman–Crippen MR) is 73.8 cm³/mol. The Labute approximate surface area is 119 Å². The summed E-state index contributed by atoms with van der Waals surface area (Å²) in [6, 6.07) is 4.18. The molecule has 0 saturated heterocycles. The van der Waals surface area contributed by atoms with Crippen LogP contribution in [0.3, 0.4) is 0 Å². The van der Waals surface area contributed by atoms with Crippen molar-refractivity contribution >= 4 is 29.2 Å². The number of methoxy groups -OCH3 is 1. The first-order chi connectivity index (χ1) is 9.51. The number of para-hydroxylation sites is 1. The highest BCUT2D eigenvalue weighted by Gasteiger charge is 2.25. The molecule has 106 valence electrons. The van der Waals surface area contributed by atoms with Gasteiger partial charge in [0.25, 0.3) is 0 Å². The maximum Gasteiger partial charge on any atom is 0.345 e. The molecule has 2 rings (SSSR count). The molecule has 0 aliphatic heterocycles. The average molecular weight is 299 g/mol. The zero-order chi connectivity index (χ0) is 14.9. The van der Waals surface area contributed by atoms with Crippen molar-refractivity contribution in [1.29, 1.82) is 0 Å².